The average molecular weight is 109 g/mol. The number of hydrogen-bond donors (Lipinski definition) is 2. The molecule has 0 saturated heterocycles. The summed E-state index contributed by atoms with van der Waals surface area (Å²) in [5.41, 5.74) is 4.38. The highest BCUT2D eigenvalue weighted by Crippen LogP contribution is 1.93. The Bertz CT molecular complexity index is 41.4. The highest BCUT2D eigenvalue weighted by atomic mass is 19.0. The van der Waals surface area contributed by atoms with Crippen molar-refractivity contribution in [2.75, 3.05) is 6.54 Å². The summed E-state index contributed by atoms with van der Waals surface area (Å²) in [5, 5.41) is 8.70. The molecule has 0 fully saturated rings. The van der Waals surface area contributed by atoms with Crippen molar-refractivity contribution in [2.24, 2.45) is 5.73 Å². The predicted molar refractivity (Wildman–Crippen MR) is 27.9 cm³/mol. The lowest BCUT2D eigenvalue weighted by atomic mass is 10.1. The van der Waals surface area contributed by atoms with E-state index in [0.29, 0.717) is 6.54 Å². The molecule has 0 heterocycles. The van der Waals surface area contributed by atoms with Gasteiger partial charge in [0.15, 0.2) is 0 Å². The van der Waals surface area contributed by atoms with E-state index in [4.69, 9.17) is 10.8 Å². The third kappa shape index (κ3) is 10.7. The molecule has 0 saturated carbocycles. The summed E-state index contributed by atoms with van der Waals surface area (Å²) in [4.78, 5) is 0. The van der Waals surface area contributed by atoms with Gasteiger partial charge in [-0.2, -0.15) is 0 Å². The molecule has 0 aromatic carbocycles. The second kappa shape index (κ2) is 2.93. The molecule has 0 aliphatic rings. The van der Waals surface area contributed by atoms with Crippen LogP contribution in [0.3, 0.4) is 0 Å². The summed E-state index contributed by atoms with van der Waals surface area (Å²) in [7, 11) is 0. The van der Waals surface area contributed by atoms with Crippen molar-refractivity contribution in [1.29, 1.82) is 0 Å². The molecular weight excluding hydrogens is 97.0 g/mol. The zero-order chi connectivity index (χ0) is 5.21. The molecule has 0 aromatic heterocycles. The lowest BCUT2D eigenvalue weighted by Crippen LogP contribution is -2.29. The fourth-order valence-corrected chi connectivity index (χ4v) is 0. The minimum Gasteiger partial charge on any atom is -0.389 e. The Hall–Kier alpha value is -0.150. The van der Waals surface area contributed by atoms with Crippen molar-refractivity contribution in [2.45, 2.75) is 19.4 Å². The minimum absolute atomic E-state index is 0. The van der Waals surface area contributed by atoms with E-state index in [-0.39, 0.29) is 4.70 Å². The van der Waals surface area contributed by atoms with Crippen LogP contribution < -0.4 is 5.73 Å². The van der Waals surface area contributed by atoms with E-state index in [1.54, 1.807) is 13.8 Å². The molecule has 0 rings (SSSR count). The summed E-state index contributed by atoms with van der Waals surface area (Å²) >= 11 is 0. The summed E-state index contributed by atoms with van der Waals surface area (Å²) in [6.07, 6.45) is 0. The van der Waals surface area contributed by atoms with Crippen LogP contribution in [0, 0.1) is 0 Å². The van der Waals surface area contributed by atoms with Gasteiger partial charge in [-0.25, -0.2) is 0 Å². The molecule has 0 aliphatic carbocycles. The van der Waals surface area contributed by atoms with Crippen LogP contribution in [-0.4, -0.2) is 17.3 Å². The quantitative estimate of drug-likeness (QED) is 0.492. The molecule has 3 N–H and O–H groups in total. The van der Waals surface area contributed by atoms with Gasteiger partial charge in [0, 0.05) is 6.54 Å². The summed E-state index contributed by atoms with van der Waals surface area (Å²) in [5.74, 6) is 0. The highest BCUT2D eigenvalue weighted by molar-refractivity contribution is 4.63. The summed E-state index contributed by atoms with van der Waals surface area (Å²) in [6.45, 7) is 3.67. The van der Waals surface area contributed by atoms with Gasteiger partial charge < -0.3 is 10.8 Å². The Morgan fingerprint density at radius 1 is 1.57 bits per heavy atom. The Morgan fingerprint density at radius 3 is 1.71 bits per heavy atom. The molecule has 0 atom stereocenters. The summed E-state index contributed by atoms with van der Waals surface area (Å²) in [6, 6.07) is 0. The first-order valence-electron chi connectivity index (χ1n) is 1.99. The van der Waals surface area contributed by atoms with E-state index in [1.807, 2.05) is 0 Å². The lowest BCUT2D eigenvalue weighted by Gasteiger charge is -2.11. The second-order valence-electron chi connectivity index (χ2n) is 2.02. The van der Waals surface area contributed by atoms with Gasteiger partial charge in [-0.3, -0.25) is 4.70 Å². The molecule has 7 heavy (non-hydrogen) atoms. The monoisotopic (exact) mass is 109 g/mol. The Morgan fingerprint density at radius 2 is 1.71 bits per heavy atom. The molecule has 0 amide bonds. The predicted octanol–water partition coefficient (Wildman–Crippen LogP) is -0.131. The molecular formula is C4H12FNO. The fourth-order valence-electron chi connectivity index (χ4n) is 0. The normalized spacial score (nSPS) is 10.3. The fraction of sp³-hybridized carbons (Fsp3) is 1.00. The number of nitrogens with two attached hydrogens (primary N) is 1. The smallest absolute Gasteiger partial charge is 0.0713 e. The van der Waals surface area contributed by atoms with E-state index in [9.17, 15) is 0 Å². The first-order valence-corrected chi connectivity index (χ1v) is 1.99. The van der Waals surface area contributed by atoms with Crippen LogP contribution >= 0.6 is 0 Å². The second-order valence-corrected chi connectivity index (χ2v) is 2.02. The van der Waals surface area contributed by atoms with Crippen LogP contribution in [0.25, 0.3) is 0 Å². The number of hydrogen-bond acceptors (Lipinski definition) is 2. The van der Waals surface area contributed by atoms with Gasteiger partial charge in [0.1, 0.15) is 0 Å². The third-order valence-corrected chi connectivity index (χ3v) is 0.500. The SMILES string of the molecule is CC(C)(O)CN.F. The van der Waals surface area contributed by atoms with E-state index in [0.717, 1.165) is 0 Å². The van der Waals surface area contributed by atoms with E-state index in [1.165, 1.54) is 0 Å². The maximum atomic E-state index is 8.70. The van der Waals surface area contributed by atoms with Gasteiger partial charge in [0.05, 0.1) is 5.60 Å². The molecule has 0 radical (unpaired) electrons. The van der Waals surface area contributed by atoms with Gasteiger partial charge in [-0.15, -0.1) is 0 Å². The zero-order valence-electron chi connectivity index (χ0n) is 4.64. The van der Waals surface area contributed by atoms with Crippen molar-refractivity contribution in [1.82, 2.24) is 0 Å². The van der Waals surface area contributed by atoms with Gasteiger partial charge in [-0.1, -0.05) is 0 Å². The molecule has 2 nitrogen and oxygen atoms in total. The van der Waals surface area contributed by atoms with Crippen molar-refractivity contribution in [3.05, 3.63) is 0 Å². The third-order valence-electron chi connectivity index (χ3n) is 0.500. The number of aliphatic hydroxyl groups is 1. The average Bonchev–Trinajstić information content (AvgIpc) is 1.35. The topological polar surface area (TPSA) is 46.2 Å². The molecule has 46 valence electrons. The maximum absolute atomic E-state index is 8.70. The van der Waals surface area contributed by atoms with E-state index >= 15 is 0 Å². The van der Waals surface area contributed by atoms with Gasteiger partial charge >= 0.3 is 0 Å². The van der Waals surface area contributed by atoms with Crippen molar-refractivity contribution in [3.63, 3.8) is 0 Å². The van der Waals surface area contributed by atoms with Crippen LogP contribution in [0.1, 0.15) is 13.8 Å². The van der Waals surface area contributed by atoms with Crippen LogP contribution in [0.4, 0.5) is 4.70 Å². The van der Waals surface area contributed by atoms with Gasteiger partial charge in [0.2, 0.25) is 0 Å². The molecule has 0 aromatic rings. The highest BCUT2D eigenvalue weighted by Gasteiger charge is 2.06. The Labute approximate surface area is 42.7 Å². The van der Waals surface area contributed by atoms with Crippen LogP contribution in [0.15, 0.2) is 0 Å². The first-order chi connectivity index (χ1) is 2.56. The maximum Gasteiger partial charge on any atom is 0.0713 e. The van der Waals surface area contributed by atoms with Crippen LogP contribution in [0.2, 0.25) is 0 Å². The van der Waals surface area contributed by atoms with Crippen LogP contribution in [0.5, 0.6) is 0 Å². The zero-order valence-corrected chi connectivity index (χ0v) is 4.64. The van der Waals surface area contributed by atoms with Gasteiger partial charge in [0.25, 0.3) is 0 Å². The molecule has 0 aliphatic heterocycles. The van der Waals surface area contributed by atoms with Crippen molar-refractivity contribution >= 4 is 0 Å². The van der Waals surface area contributed by atoms with E-state index < -0.39 is 5.60 Å². The van der Waals surface area contributed by atoms with Crippen molar-refractivity contribution < 1.29 is 9.81 Å². The Kier molecular flexibility index (Phi) is 4.18. The minimum atomic E-state index is -0.681. The molecule has 0 spiro atoms. The molecule has 0 unspecified atom stereocenters. The lowest BCUT2D eigenvalue weighted by molar-refractivity contribution is 0.0898. The van der Waals surface area contributed by atoms with Gasteiger partial charge in [-0.05, 0) is 13.8 Å². The number of rotatable bonds is 1. The Balaban J connectivity index is 0. The molecule has 3 heteroatoms. The number of halogens is 1. The molecule has 0 bridgehead atoms. The largest absolute Gasteiger partial charge is 0.389 e. The van der Waals surface area contributed by atoms with Crippen LogP contribution in [-0.2, 0) is 0 Å². The van der Waals surface area contributed by atoms with E-state index in [2.05, 4.69) is 0 Å². The standard InChI is InChI=1S/C4H11NO.FH/c1-4(2,6)3-5;/h6H,3,5H2,1-2H3;1H. The summed E-state index contributed by atoms with van der Waals surface area (Å²) < 4.78 is 0. The first kappa shape index (κ1) is 9.97. The van der Waals surface area contributed by atoms with Crippen molar-refractivity contribution in [3.8, 4) is 0 Å².